The van der Waals surface area contributed by atoms with Gasteiger partial charge in [0.25, 0.3) is 0 Å². The molecule has 1 saturated carbocycles. The minimum atomic E-state index is -0.262. The normalized spacial score (nSPS) is 32.0. The summed E-state index contributed by atoms with van der Waals surface area (Å²) in [5, 5.41) is 0. The molecule has 136 valence electrons. The molecule has 0 N–H and O–H groups in total. The molecule has 2 aliphatic heterocycles. The van der Waals surface area contributed by atoms with Crippen LogP contribution in [0.2, 0.25) is 0 Å². The number of carbonyl (C=O) groups is 1. The van der Waals surface area contributed by atoms with Crippen LogP contribution in [-0.4, -0.2) is 38.0 Å². The SMILES string of the molecule is CCOc1cccc2c1OC[C@H](C(=O)O[C@@H]1[C@H]3CCO[C@@H]3C1(C)C)C2. The molecule has 4 rings (SSSR count). The van der Waals surface area contributed by atoms with E-state index in [0.717, 1.165) is 30.1 Å². The maximum absolute atomic E-state index is 12.7. The summed E-state index contributed by atoms with van der Waals surface area (Å²) >= 11 is 0. The van der Waals surface area contributed by atoms with Crippen molar-refractivity contribution in [3.8, 4) is 11.5 Å². The van der Waals surface area contributed by atoms with Crippen molar-refractivity contribution >= 4 is 5.97 Å². The highest BCUT2D eigenvalue weighted by Gasteiger charge is 2.61. The van der Waals surface area contributed by atoms with Crippen LogP contribution in [0, 0.1) is 17.3 Å². The van der Waals surface area contributed by atoms with Crippen molar-refractivity contribution in [1.29, 1.82) is 0 Å². The quantitative estimate of drug-likeness (QED) is 0.785. The average Bonchev–Trinajstić information content (AvgIpc) is 3.07. The zero-order valence-electron chi connectivity index (χ0n) is 15.1. The van der Waals surface area contributed by atoms with Crippen molar-refractivity contribution < 1.29 is 23.7 Å². The van der Waals surface area contributed by atoms with Gasteiger partial charge in [0.1, 0.15) is 12.7 Å². The van der Waals surface area contributed by atoms with Crippen molar-refractivity contribution in [3.63, 3.8) is 0 Å². The average molecular weight is 346 g/mol. The van der Waals surface area contributed by atoms with Crippen molar-refractivity contribution in [2.24, 2.45) is 17.3 Å². The molecular formula is C20H26O5. The van der Waals surface area contributed by atoms with Crippen molar-refractivity contribution in [2.45, 2.75) is 45.8 Å². The molecule has 5 heteroatoms. The Hall–Kier alpha value is -1.75. The number of para-hydroxylation sites is 1. The molecular weight excluding hydrogens is 320 g/mol. The summed E-state index contributed by atoms with van der Waals surface area (Å²) in [5.74, 6) is 1.44. The number of esters is 1. The van der Waals surface area contributed by atoms with Gasteiger partial charge in [-0.2, -0.15) is 0 Å². The molecule has 0 aromatic heterocycles. The van der Waals surface area contributed by atoms with Gasteiger partial charge in [0.2, 0.25) is 0 Å². The van der Waals surface area contributed by atoms with Crippen LogP contribution in [0.4, 0.5) is 0 Å². The minimum Gasteiger partial charge on any atom is -0.490 e. The van der Waals surface area contributed by atoms with Crippen LogP contribution in [-0.2, 0) is 20.7 Å². The highest BCUT2D eigenvalue weighted by atomic mass is 16.6. The lowest BCUT2D eigenvalue weighted by Crippen LogP contribution is -2.61. The first kappa shape index (κ1) is 16.7. The Kier molecular flexibility index (Phi) is 4.14. The zero-order valence-corrected chi connectivity index (χ0v) is 15.1. The summed E-state index contributed by atoms with van der Waals surface area (Å²) in [6.07, 6.45) is 1.78. The van der Waals surface area contributed by atoms with Crippen LogP contribution in [0.3, 0.4) is 0 Å². The topological polar surface area (TPSA) is 54.0 Å². The fourth-order valence-electron chi connectivity index (χ4n) is 4.55. The molecule has 1 aliphatic carbocycles. The van der Waals surface area contributed by atoms with Gasteiger partial charge >= 0.3 is 5.97 Å². The van der Waals surface area contributed by atoms with E-state index in [0.29, 0.717) is 25.6 Å². The lowest BCUT2D eigenvalue weighted by Gasteiger charge is -2.53. The molecule has 5 nitrogen and oxygen atoms in total. The molecule has 1 aromatic rings. The van der Waals surface area contributed by atoms with Gasteiger partial charge in [0, 0.05) is 17.9 Å². The summed E-state index contributed by atoms with van der Waals surface area (Å²) in [7, 11) is 0. The molecule has 0 amide bonds. The molecule has 2 heterocycles. The number of rotatable bonds is 4. The lowest BCUT2D eigenvalue weighted by molar-refractivity contribution is -0.213. The molecule has 3 aliphatic rings. The summed E-state index contributed by atoms with van der Waals surface area (Å²) in [6.45, 7) is 7.90. The van der Waals surface area contributed by atoms with Crippen LogP contribution in [0.1, 0.15) is 32.8 Å². The second-order valence-corrected chi connectivity index (χ2v) is 7.81. The van der Waals surface area contributed by atoms with Crippen LogP contribution in [0.25, 0.3) is 0 Å². The van der Waals surface area contributed by atoms with Gasteiger partial charge in [0.15, 0.2) is 11.5 Å². The third kappa shape index (κ3) is 2.69. The first-order valence-corrected chi connectivity index (χ1v) is 9.22. The Bertz CT molecular complexity index is 668. The molecule has 0 radical (unpaired) electrons. The van der Waals surface area contributed by atoms with Crippen LogP contribution in [0.15, 0.2) is 18.2 Å². The third-order valence-corrected chi connectivity index (χ3v) is 5.82. The lowest BCUT2D eigenvalue weighted by atomic mass is 9.59. The van der Waals surface area contributed by atoms with Gasteiger partial charge in [-0.3, -0.25) is 4.79 Å². The first-order chi connectivity index (χ1) is 12.0. The second-order valence-electron chi connectivity index (χ2n) is 7.81. The first-order valence-electron chi connectivity index (χ1n) is 9.22. The van der Waals surface area contributed by atoms with Gasteiger partial charge in [-0.05, 0) is 31.4 Å². The molecule has 4 atom stereocenters. The molecule has 25 heavy (non-hydrogen) atoms. The number of carbonyl (C=O) groups excluding carboxylic acids is 1. The summed E-state index contributed by atoms with van der Waals surface area (Å²) in [4.78, 5) is 12.7. The number of fused-ring (bicyclic) bond motifs is 2. The smallest absolute Gasteiger partial charge is 0.313 e. The van der Waals surface area contributed by atoms with E-state index in [9.17, 15) is 4.79 Å². The van der Waals surface area contributed by atoms with E-state index in [2.05, 4.69) is 13.8 Å². The van der Waals surface area contributed by atoms with Gasteiger partial charge in [-0.15, -0.1) is 0 Å². The highest BCUT2D eigenvalue weighted by Crippen LogP contribution is 2.54. The molecule has 1 aromatic carbocycles. The summed E-state index contributed by atoms with van der Waals surface area (Å²) in [6, 6.07) is 5.83. The molecule has 0 spiro atoms. The largest absolute Gasteiger partial charge is 0.490 e. The third-order valence-electron chi connectivity index (χ3n) is 5.82. The summed E-state index contributed by atoms with van der Waals surface area (Å²) in [5.41, 5.74) is 0.904. The van der Waals surface area contributed by atoms with Crippen molar-refractivity contribution in [2.75, 3.05) is 19.8 Å². The maximum Gasteiger partial charge on any atom is 0.313 e. The van der Waals surface area contributed by atoms with E-state index in [-0.39, 0.29) is 29.5 Å². The fourth-order valence-corrected chi connectivity index (χ4v) is 4.55. The second kappa shape index (κ2) is 6.20. The predicted molar refractivity (Wildman–Crippen MR) is 91.8 cm³/mol. The van der Waals surface area contributed by atoms with E-state index in [1.54, 1.807) is 0 Å². The molecule has 2 fully saturated rings. The maximum atomic E-state index is 12.7. The Labute approximate surface area is 148 Å². The van der Waals surface area contributed by atoms with E-state index < -0.39 is 0 Å². The fraction of sp³-hybridized carbons (Fsp3) is 0.650. The number of hydrogen-bond acceptors (Lipinski definition) is 5. The monoisotopic (exact) mass is 346 g/mol. The van der Waals surface area contributed by atoms with Gasteiger partial charge in [-0.25, -0.2) is 0 Å². The molecule has 0 unspecified atom stereocenters. The van der Waals surface area contributed by atoms with Crippen LogP contribution in [0.5, 0.6) is 11.5 Å². The van der Waals surface area contributed by atoms with Crippen LogP contribution >= 0.6 is 0 Å². The van der Waals surface area contributed by atoms with E-state index in [1.807, 2.05) is 25.1 Å². The van der Waals surface area contributed by atoms with Gasteiger partial charge in [-0.1, -0.05) is 26.0 Å². The predicted octanol–water partition coefficient (Wildman–Crippen LogP) is 2.99. The Morgan fingerprint density at radius 3 is 3.00 bits per heavy atom. The van der Waals surface area contributed by atoms with Gasteiger partial charge in [0.05, 0.1) is 18.6 Å². The number of benzene rings is 1. The Morgan fingerprint density at radius 2 is 2.20 bits per heavy atom. The Balaban J connectivity index is 1.43. The summed E-state index contributed by atoms with van der Waals surface area (Å²) < 4.78 is 23.2. The number of ether oxygens (including phenoxy) is 4. The number of hydrogen-bond donors (Lipinski definition) is 0. The van der Waals surface area contributed by atoms with Crippen molar-refractivity contribution in [3.05, 3.63) is 23.8 Å². The Morgan fingerprint density at radius 1 is 1.36 bits per heavy atom. The molecule has 0 bridgehead atoms. The van der Waals surface area contributed by atoms with E-state index >= 15 is 0 Å². The standard InChI is InChI=1S/C20H26O5/c1-4-22-15-7-5-6-12-10-13(11-24-16(12)15)19(21)25-18-14-8-9-23-17(14)20(18,2)3/h5-7,13-14,17-18H,4,8-11H2,1-3H3/t13-,14+,17+,18-/m1/s1. The van der Waals surface area contributed by atoms with E-state index in [1.165, 1.54) is 0 Å². The van der Waals surface area contributed by atoms with Gasteiger partial charge < -0.3 is 18.9 Å². The van der Waals surface area contributed by atoms with E-state index in [4.69, 9.17) is 18.9 Å². The van der Waals surface area contributed by atoms with Crippen LogP contribution < -0.4 is 9.47 Å². The van der Waals surface area contributed by atoms with Crippen molar-refractivity contribution in [1.82, 2.24) is 0 Å². The molecule has 1 saturated heterocycles. The highest BCUT2D eigenvalue weighted by molar-refractivity contribution is 5.74. The minimum absolute atomic E-state index is 0.0522. The zero-order chi connectivity index (χ0) is 17.6.